The van der Waals surface area contributed by atoms with Gasteiger partial charge in [0.15, 0.2) is 11.6 Å². The van der Waals surface area contributed by atoms with E-state index in [2.05, 4.69) is 0 Å². The standard InChI is InChI=1S/C16H14O5/c1-9-8-12(18)15-11(16(9)20)4-3-5-13(15)21-14(19)7-6-10(2)17/h3-5,8H,6-7H2,1-2H3. The molecule has 0 radical (unpaired) electrons. The molecule has 0 heterocycles. The normalized spacial score (nSPS) is 13.5. The molecule has 2 rings (SSSR count). The van der Waals surface area contributed by atoms with Gasteiger partial charge in [-0.05, 0) is 26.0 Å². The summed E-state index contributed by atoms with van der Waals surface area (Å²) >= 11 is 0. The van der Waals surface area contributed by atoms with Gasteiger partial charge in [0, 0.05) is 17.6 Å². The van der Waals surface area contributed by atoms with E-state index in [1.807, 2.05) is 0 Å². The third kappa shape index (κ3) is 3.13. The van der Waals surface area contributed by atoms with Crippen molar-refractivity contribution >= 4 is 23.3 Å². The fourth-order valence-corrected chi connectivity index (χ4v) is 2.06. The highest BCUT2D eigenvalue weighted by Gasteiger charge is 2.27. The first-order valence-corrected chi connectivity index (χ1v) is 6.50. The molecule has 0 aliphatic heterocycles. The van der Waals surface area contributed by atoms with Crippen LogP contribution in [0.4, 0.5) is 0 Å². The van der Waals surface area contributed by atoms with Crippen molar-refractivity contribution in [1.82, 2.24) is 0 Å². The van der Waals surface area contributed by atoms with Crippen LogP contribution < -0.4 is 4.74 Å². The Morgan fingerprint density at radius 3 is 2.52 bits per heavy atom. The van der Waals surface area contributed by atoms with Gasteiger partial charge in [-0.2, -0.15) is 0 Å². The van der Waals surface area contributed by atoms with E-state index in [0.717, 1.165) is 0 Å². The van der Waals surface area contributed by atoms with Crippen molar-refractivity contribution in [1.29, 1.82) is 0 Å². The number of allylic oxidation sites excluding steroid dienone is 2. The lowest BCUT2D eigenvalue weighted by Crippen LogP contribution is -2.18. The fourth-order valence-electron chi connectivity index (χ4n) is 2.06. The second-order valence-corrected chi connectivity index (χ2v) is 4.88. The summed E-state index contributed by atoms with van der Waals surface area (Å²) in [7, 11) is 0. The summed E-state index contributed by atoms with van der Waals surface area (Å²) in [6, 6.07) is 4.54. The van der Waals surface area contributed by atoms with E-state index in [-0.39, 0.29) is 47.1 Å². The Morgan fingerprint density at radius 2 is 1.86 bits per heavy atom. The minimum atomic E-state index is -0.606. The molecule has 0 atom stereocenters. The number of benzene rings is 1. The summed E-state index contributed by atoms with van der Waals surface area (Å²) in [5.74, 6) is -1.29. The molecular formula is C16H14O5. The number of Topliss-reactive ketones (excluding diaryl/α,β-unsaturated/α-hetero) is 2. The second kappa shape index (κ2) is 5.83. The van der Waals surface area contributed by atoms with Crippen LogP contribution in [-0.4, -0.2) is 23.3 Å². The first kappa shape index (κ1) is 14.8. The summed E-state index contributed by atoms with van der Waals surface area (Å²) in [4.78, 5) is 46.6. The number of rotatable bonds is 4. The number of carbonyl (C=O) groups excluding carboxylic acids is 4. The molecule has 0 spiro atoms. The van der Waals surface area contributed by atoms with Crippen molar-refractivity contribution in [3.8, 4) is 5.75 Å². The molecule has 0 N–H and O–H groups in total. The average Bonchev–Trinajstić information content (AvgIpc) is 2.42. The highest BCUT2D eigenvalue weighted by molar-refractivity contribution is 6.25. The van der Waals surface area contributed by atoms with E-state index in [4.69, 9.17) is 4.74 Å². The molecule has 5 nitrogen and oxygen atoms in total. The number of esters is 1. The number of hydrogen-bond acceptors (Lipinski definition) is 5. The summed E-state index contributed by atoms with van der Waals surface area (Å²) < 4.78 is 5.12. The molecule has 0 fully saturated rings. The van der Waals surface area contributed by atoms with Gasteiger partial charge in [-0.25, -0.2) is 0 Å². The maximum atomic E-state index is 12.0. The minimum Gasteiger partial charge on any atom is -0.426 e. The average molecular weight is 286 g/mol. The van der Waals surface area contributed by atoms with Crippen molar-refractivity contribution < 1.29 is 23.9 Å². The largest absolute Gasteiger partial charge is 0.426 e. The number of hydrogen-bond donors (Lipinski definition) is 0. The van der Waals surface area contributed by atoms with Gasteiger partial charge in [-0.1, -0.05) is 12.1 Å². The van der Waals surface area contributed by atoms with E-state index in [9.17, 15) is 19.2 Å². The van der Waals surface area contributed by atoms with Crippen molar-refractivity contribution in [2.45, 2.75) is 26.7 Å². The molecular weight excluding hydrogens is 272 g/mol. The monoisotopic (exact) mass is 286 g/mol. The van der Waals surface area contributed by atoms with E-state index < -0.39 is 5.97 Å². The Hall–Kier alpha value is -2.56. The summed E-state index contributed by atoms with van der Waals surface area (Å²) in [5, 5.41) is 0. The Morgan fingerprint density at radius 1 is 1.14 bits per heavy atom. The van der Waals surface area contributed by atoms with E-state index in [0.29, 0.717) is 5.57 Å². The van der Waals surface area contributed by atoms with Crippen LogP contribution in [0.25, 0.3) is 0 Å². The maximum Gasteiger partial charge on any atom is 0.311 e. The van der Waals surface area contributed by atoms with Crippen LogP contribution in [0.5, 0.6) is 5.75 Å². The summed E-state index contributed by atoms with van der Waals surface area (Å²) in [5.41, 5.74) is 0.689. The topological polar surface area (TPSA) is 77.5 Å². The van der Waals surface area contributed by atoms with E-state index in [1.54, 1.807) is 13.0 Å². The van der Waals surface area contributed by atoms with Crippen molar-refractivity contribution in [3.63, 3.8) is 0 Å². The van der Waals surface area contributed by atoms with Crippen LogP contribution in [0.1, 0.15) is 47.4 Å². The molecule has 0 saturated carbocycles. The Kier molecular flexibility index (Phi) is 4.12. The van der Waals surface area contributed by atoms with Crippen molar-refractivity contribution in [3.05, 3.63) is 41.0 Å². The zero-order valence-corrected chi connectivity index (χ0v) is 11.8. The number of ketones is 3. The summed E-state index contributed by atoms with van der Waals surface area (Å²) in [6.45, 7) is 2.95. The lowest BCUT2D eigenvalue weighted by Gasteiger charge is -2.15. The predicted octanol–water partition coefficient (Wildman–Crippen LogP) is 2.29. The molecule has 1 aliphatic carbocycles. The lowest BCUT2D eigenvalue weighted by atomic mass is 9.89. The quantitative estimate of drug-likeness (QED) is 0.627. The Balaban J connectivity index is 2.29. The minimum absolute atomic E-state index is 0.0585. The Labute approximate surface area is 121 Å². The molecule has 108 valence electrons. The van der Waals surface area contributed by atoms with Crippen LogP contribution in [0.3, 0.4) is 0 Å². The smallest absolute Gasteiger partial charge is 0.311 e. The Bertz CT molecular complexity index is 682. The number of ether oxygens (including phenoxy) is 1. The number of fused-ring (bicyclic) bond motifs is 1. The van der Waals surface area contributed by atoms with E-state index in [1.165, 1.54) is 25.1 Å². The third-order valence-corrected chi connectivity index (χ3v) is 3.13. The first-order valence-electron chi connectivity index (χ1n) is 6.50. The fraction of sp³-hybridized carbons (Fsp3) is 0.250. The third-order valence-electron chi connectivity index (χ3n) is 3.13. The first-order chi connectivity index (χ1) is 9.90. The van der Waals surface area contributed by atoms with Crippen LogP contribution in [-0.2, 0) is 9.59 Å². The summed E-state index contributed by atoms with van der Waals surface area (Å²) in [6.07, 6.45) is 1.26. The van der Waals surface area contributed by atoms with Crippen LogP contribution >= 0.6 is 0 Å². The number of carbonyl (C=O) groups is 4. The molecule has 1 aliphatic rings. The van der Waals surface area contributed by atoms with Gasteiger partial charge in [0.2, 0.25) is 0 Å². The van der Waals surface area contributed by atoms with Crippen LogP contribution in [0, 0.1) is 0 Å². The highest BCUT2D eigenvalue weighted by Crippen LogP contribution is 2.29. The molecule has 0 bridgehead atoms. The van der Waals surface area contributed by atoms with Crippen molar-refractivity contribution in [2.75, 3.05) is 0 Å². The highest BCUT2D eigenvalue weighted by atomic mass is 16.5. The zero-order chi connectivity index (χ0) is 15.6. The van der Waals surface area contributed by atoms with Gasteiger partial charge < -0.3 is 9.53 Å². The van der Waals surface area contributed by atoms with Crippen molar-refractivity contribution in [2.24, 2.45) is 0 Å². The molecule has 0 saturated heterocycles. The van der Waals surface area contributed by atoms with Gasteiger partial charge in [0.05, 0.1) is 12.0 Å². The molecule has 1 aromatic carbocycles. The van der Waals surface area contributed by atoms with E-state index >= 15 is 0 Å². The zero-order valence-electron chi connectivity index (χ0n) is 11.8. The molecule has 0 unspecified atom stereocenters. The lowest BCUT2D eigenvalue weighted by molar-refractivity contribution is -0.136. The van der Waals surface area contributed by atoms with Gasteiger partial charge >= 0.3 is 5.97 Å². The molecule has 1 aromatic rings. The van der Waals surface area contributed by atoms with Crippen LogP contribution in [0.2, 0.25) is 0 Å². The maximum absolute atomic E-state index is 12.0. The van der Waals surface area contributed by atoms with Gasteiger partial charge in [0.25, 0.3) is 0 Å². The SMILES string of the molecule is CC(=O)CCC(=O)Oc1cccc2c1C(=O)C=C(C)C2=O. The predicted molar refractivity (Wildman–Crippen MR) is 74.4 cm³/mol. The van der Waals surface area contributed by atoms with Gasteiger partial charge in [-0.3, -0.25) is 14.4 Å². The van der Waals surface area contributed by atoms with Gasteiger partial charge in [-0.15, -0.1) is 0 Å². The van der Waals surface area contributed by atoms with Gasteiger partial charge in [0.1, 0.15) is 11.5 Å². The molecule has 0 aromatic heterocycles. The second-order valence-electron chi connectivity index (χ2n) is 4.88. The molecule has 5 heteroatoms. The molecule has 21 heavy (non-hydrogen) atoms. The molecule has 0 amide bonds. The van der Waals surface area contributed by atoms with Crippen LogP contribution in [0.15, 0.2) is 29.8 Å².